The highest BCUT2D eigenvalue weighted by atomic mass is 16.2. The fourth-order valence-corrected chi connectivity index (χ4v) is 4.91. The summed E-state index contributed by atoms with van der Waals surface area (Å²) in [5.74, 6) is -0.0340. The highest BCUT2D eigenvalue weighted by Crippen LogP contribution is 2.51. The predicted octanol–water partition coefficient (Wildman–Crippen LogP) is 3.21. The first-order chi connectivity index (χ1) is 12.0. The first kappa shape index (κ1) is 16.3. The topological polar surface area (TPSA) is 57.6 Å². The van der Waals surface area contributed by atoms with Gasteiger partial charge in [0.1, 0.15) is 5.69 Å². The van der Waals surface area contributed by atoms with E-state index < -0.39 is 0 Å². The second kappa shape index (κ2) is 5.97. The van der Waals surface area contributed by atoms with Crippen LogP contribution in [-0.2, 0) is 0 Å². The Kier molecular flexibility index (Phi) is 3.89. The molecule has 0 spiro atoms. The minimum absolute atomic E-state index is 0.0340. The maximum Gasteiger partial charge on any atom is 0.270 e. The lowest BCUT2D eigenvalue weighted by Gasteiger charge is -2.46. The van der Waals surface area contributed by atoms with Crippen molar-refractivity contribution in [3.8, 4) is 0 Å². The van der Waals surface area contributed by atoms with E-state index >= 15 is 0 Å². The van der Waals surface area contributed by atoms with Crippen molar-refractivity contribution in [1.82, 2.24) is 15.2 Å². The van der Waals surface area contributed by atoms with Crippen LogP contribution in [0.1, 0.15) is 61.6 Å². The third-order valence-corrected chi connectivity index (χ3v) is 6.06. The normalized spacial score (nSPS) is 31.0. The summed E-state index contributed by atoms with van der Waals surface area (Å²) in [6.07, 6.45) is 10.8. The smallest absolute Gasteiger partial charge is 0.270 e. The number of allylic oxidation sites excluding steroid dienone is 1. The van der Waals surface area contributed by atoms with Crippen LogP contribution < -0.4 is 5.32 Å². The Balaban J connectivity index is 1.53. The summed E-state index contributed by atoms with van der Waals surface area (Å²) in [4.78, 5) is 24.0. The molecule has 2 bridgehead atoms. The number of pyridine rings is 1. The Hall–Kier alpha value is -2.17. The van der Waals surface area contributed by atoms with E-state index in [1.807, 2.05) is 25.3 Å². The molecule has 2 aliphatic carbocycles. The summed E-state index contributed by atoms with van der Waals surface area (Å²) in [7, 11) is 0. The van der Waals surface area contributed by atoms with Crippen LogP contribution in [0.2, 0.25) is 0 Å². The summed E-state index contributed by atoms with van der Waals surface area (Å²) >= 11 is 0. The molecule has 1 N–H and O–H groups in total. The number of carbonyl (C=O) groups is 1. The van der Waals surface area contributed by atoms with Crippen molar-refractivity contribution in [1.29, 1.82) is 0 Å². The molecule has 0 radical (unpaired) electrons. The van der Waals surface area contributed by atoms with Crippen molar-refractivity contribution in [2.24, 2.45) is 4.99 Å². The van der Waals surface area contributed by atoms with Gasteiger partial charge in [-0.05, 0) is 64.5 Å². The van der Waals surface area contributed by atoms with Crippen LogP contribution in [0, 0.1) is 6.92 Å². The summed E-state index contributed by atoms with van der Waals surface area (Å²) in [5.41, 5.74) is 2.55. The Bertz CT molecular complexity index is 756. The molecule has 5 nitrogen and oxygen atoms in total. The fraction of sp³-hybridized carbons (Fsp3) is 0.550. The van der Waals surface area contributed by atoms with Gasteiger partial charge >= 0.3 is 0 Å². The zero-order chi connectivity index (χ0) is 17.5. The number of aliphatic imine (C=N–C) groups is 1. The minimum Gasteiger partial charge on any atom is -0.365 e. The summed E-state index contributed by atoms with van der Waals surface area (Å²) in [5, 5.41) is 3.36. The number of rotatable bonds is 3. The minimum atomic E-state index is -0.0862. The zero-order valence-electron chi connectivity index (χ0n) is 15.1. The van der Waals surface area contributed by atoms with E-state index in [-0.39, 0.29) is 17.0 Å². The molecular formula is C20H26N4O. The number of amides is 1. The molecule has 3 aliphatic rings. The molecule has 25 heavy (non-hydrogen) atoms. The number of hydrogen-bond donors (Lipinski definition) is 1. The lowest BCUT2D eigenvalue weighted by atomic mass is 9.77. The van der Waals surface area contributed by atoms with Crippen LogP contribution in [0.25, 0.3) is 0 Å². The molecular weight excluding hydrogens is 312 g/mol. The predicted molar refractivity (Wildman–Crippen MR) is 98.6 cm³/mol. The number of aryl methyl sites for hydroxylation is 1. The average molecular weight is 338 g/mol. The second-order valence-electron chi connectivity index (χ2n) is 7.89. The van der Waals surface area contributed by atoms with Gasteiger partial charge in [0.05, 0.1) is 12.2 Å². The van der Waals surface area contributed by atoms with Gasteiger partial charge in [0.15, 0.2) is 0 Å². The summed E-state index contributed by atoms with van der Waals surface area (Å²) < 4.78 is 0. The van der Waals surface area contributed by atoms with Gasteiger partial charge in [-0.25, -0.2) is 4.98 Å². The summed E-state index contributed by atoms with van der Waals surface area (Å²) in [6.45, 7) is 4.85. The van der Waals surface area contributed by atoms with Gasteiger partial charge in [-0.15, -0.1) is 0 Å². The van der Waals surface area contributed by atoms with Crippen molar-refractivity contribution in [2.45, 2.75) is 63.5 Å². The largest absolute Gasteiger partial charge is 0.365 e. The number of fused-ring (bicyclic) bond motifs is 2. The van der Waals surface area contributed by atoms with Crippen molar-refractivity contribution in [2.75, 3.05) is 6.54 Å². The molecule has 2 saturated carbocycles. The van der Waals surface area contributed by atoms with E-state index in [1.165, 1.54) is 6.42 Å². The van der Waals surface area contributed by atoms with Gasteiger partial charge < -0.3 is 10.2 Å². The number of aromatic nitrogens is 1. The quantitative estimate of drug-likeness (QED) is 0.921. The first-order valence-corrected chi connectivity index (χ1v) is 9.24. The second-order valence-corrected chi connectivity index (χ2v) is 7.89. The standard InChI is InChI=1S/C20H26N4O/c1-15-5-3-6-17(22-15)18(25)23-19-7-4-8-20(14-19,10-9-19)24-12-11-21-16(2)13-24/h3,5-6,11,13H,4,7-10,12,14H2,1-2H3,(H,23,25). The van der Waals surface area contributed by atoms with Gasteiger partial charge in [-0.1, -0.05) is 6.07 Å². The average Bonchev–Trinajstić information content (AvgIpc) is 2.86. The van der Waals surface area contributed by atoms with Crippen LogP contribution in [0.5, 0.6) is 0 Å². The van der Waals surface area contributed by atoms with Gasteiger partial charge in [0.25, 0.3) is 5.91 Å². The molecule has 2 fully saturated rings. The van der Waals surface area contributed by atoms with Crippen LogP contribution >= 0.6 is 0 Å². The lowest BCUT2D eigenvalue weighted by Crippen LogP contribution is -2.54. The number of carbonyl (C=O) groups excluding carboxylic acids is 1. The molecule has 0 aromatic carbocycles. The Morgan fingerprint density at radius 2 is 2.08 bits per heavy atom. The first-order valence-electron chi connectivity index (χ1n) is 9.24. The van der Waals surface area contributed by atoms with Crippen molar-refractivity contribution in [3.63, 3.8) is 0 Å². The third kappa shape index (κ3) is 2.96. The molecule has 0 saturated heterocycles. The molecule has 4 rings (SSSR count). The highest BCUT2D eigenvalue weighted by Gasteiger charge is 2.54. The van der Waals surface area contributed by atoms with Gasteiger partial charge in [0.2, 0.25) is 0 Å². The van der Waals surface area contributed by atoms with Crippen LogP contribution in [0.3, 0.4) is 0 Å². The van der Waals surface area contributed by atoms with E-state index in [9.17, 15) is 4.79 Å². The molecule has 1 aromatic rings. The summed E-state index contributed by atoms with van der Waals surface area (Å²) in [6, 6.07) is 5.62. The molecule has 2 heterocycles. The van der Waals surface area contributed by atoms with Crippen LogP contribution in [0.15, 0.2) is 35.1 Å². The zero-order valence-corrected chi connectivity index (χ0v) is 15.1. The van der Waals surface area contributed by atoms with Crippen LogP contribution in [-0.4, -0.2) is 39.6 Å². The van der Waals surface area contributed by atoms with Gasteiger partial charge in [-0.3, -0.25) is 9.79 Å². The lowest BCUT2D eigenvalue weighted by molar-refractivity contribution is 0.0793. The Morgan fingerprint density at radius 3 is 2.88 bits per heavy atom. The Morgan fingerprint density at radius 1 is 1.20 bits per heavy atom. The maximum absolute atomic E-state index is 12.8. The molecule has 1 aromatic heterocycles. The van der Waals surface area contributed by atoms with Crippen molar-refractivity contribution >= 4 is 12.1 Å². The SMILES string of the molecule is CC1=CN(C23CCCC(NC(=O)c4cccc(C)n4)(CC2)C3)CC=N1. The molecule has 5 heteroatoms. The number of hydrogen-bond acceptors (Lipinski definition) is 4. The maximum atomic E-state index is 12.8. The molecule has 2 atom stereocenters. The van der Waals surface area contributed by atoms with E-state index in [0.717, 1.165) is 50.0 Å². The molecule has 1 aliphatic heterocycles. The van der Waals surface area contributed by atoms with Gasteiger partial charge in [-0.2, -0.15) is 0 Å². The monoisotopic (exact) mass is 338 g/mol. The Labute approximate surface area is 149 Å². The highest BCUT2D eigenvalue weighted by molar-refractivity contribution is 5.92. The third-order valence-electron chi connectivity index (χ3n) is 6.06. The van der Waals surface area contributed by atoms with Crippen LogP contribution in [0.4, 0.5) is 0 Å². The molecule has 132 valence electrons. The van der Waals surface area contributed by atoms with E-state index in [2.05, 4.69) is 33.3 Å². The fourth-order valence-electron chi connectivity index (χ4n) is 4.91. The van der Waals surface area contributed by atoms with Crippen molar-refractivity contribution < 1.29 is 4.79 Å². The van der Waals surface area contributed by atoms with E-state index in [4.69, 9.17) is 0 Å². The molecule has 1 amide bonds. The number of nitrogens with one attached hydrogen (secondary N) is 1. The van der Waals surface area contributed by atoms with E-state index in [1.54, 1.807) is 6.07 Å². The van der Waals surface area contributed by atoms with Gasteiger partial charge in [0, 0.05) is 29.2 Å². The van der Waals surface area contributed by atoms with E-state index in [0.29, 0.717) is 5.69 Å². The molecule has 2 unspecified atom stereocenters. The number of nitrogens with zero attached hydrogens (tertiary/aromatic N) is 3. The van der Waals surface area contributed by atoms with Crippen molar-refractivity contribution in [3.05, 3.63) is 41.5 Å².